The van der Waals surface area contributed by atoms with E-state index in [1.54, 1.807) is 0 Å². The van der Waals surface area contributed by atoms with Crippen molar-refractivity contribution in [3.63, 3.8) is 0 Å². The largest absolute Gasteiger partial charge is 0.496 e. The number of anilines is 2. The van der Waals surface area contributed by atoms with Gasteiger partial charge < -0.3 is 10.1 Å². The predicted octanol–water partition coefficient (Wildman–Crippen LogP) is 4.54. The summed E-state index contributed by atoms with van der Waals surface area (Å²) in [5.74, 6) is -0.362. The van der Waals surface area contributed by atoms with Gasteiger partial charge in [-0.15, -0.1) is 0 Å². The van der Waals surface area contributed by atoms with E-state index in [1.165, 1.54) is 53.9 Å². The number of hydrogen-bond acceptors (Lipinski definition) is 6. The number of carbonyl (C=O) groups excluding carboxylic acids is 1. The summed E-state index contributed by atoms with van der Waals surface area (Å²) in [4.78, 5) is 13.2. The normalized spacial score (nSPS) is 14.6. The molecule has 1 saturated heterocycles. The van der Waals surface area contributed by atoms with Crippen LogP contribution in [0.2, 0.25) is 0 Å². The van der Waals surface area contributed by atoms with E-state index in [4.69, 9.17) is 4.74 Å². The molecule has 3 aromatic carbocycles. The Kier molecular flexibility index (Phi) is 8.10. The third kappa shape index (κ3) is 5.85. The quantitative estimate of drug-likeness (QED) is 0.419. The summed E-state index contributed by atoms with van der Waals surface area (Å²) >= 11 is 0. The van der Waals surface area contributed by atoms with Gasteiger partial charge in [0.2, 0.25) is 10.0 Å². The molecule has 0 spiro atoms. The minimum absolute atomic E-state index is 0.0179. The first kappa shape index (κ1) is 27.6. The van der Waals surface area contributed by atoms with E-state index in [-0.39, 0.29) is 21.1 Å². The van der Waals surface area contributed by atoms with E-state index in [2.05, 4.69) is 10.0 Å². The summed E-state index contributed by atoms with van der Waals surface area (Å²) in [7, 11) is -6.20. The van der Waals surface area contributed by atoms with E-state index >= 15 is 0 Å². The molecule has 0 saturated carbocycles. The van der Waals surface area contributed by atoms with Gasteiger partial charge >= 0.3 is 0 Å². The molecule has 3 aromatic rings. The van der Waals surface area contributed by atoms with Gasteiger partial charge in [-0.1, -0.05) is 24.6 Å². The van der Waals surface area contributed by atoms with Gasteiger partial charge in [0.25, 0.3) is 15.9 Å². The molecule has 9 nitrogen and oxygen atoms in total. The van der Waals surface area contributed by atoms with Gasteiger partial charge in [-0.25, -0.2) is 16.8 Å². The standard InChI is InChI=1S/C27H31N3O6S2/c1-19-8-7-9-20(2)26(19)29-37(32,33)22-12-10-21(11-13-22)28-27(31)24-18-23(14-15-25(24)36-3)38(34,35)30-16-5-4-6-17-30/h7-15,18,29H,4-6,16-17H2,1-3H3,(H,28,31). The maximum Gasteiger partial charge on any atom is 0.261 e. The van der Waals surface area contributed by atoms with Gasteiger partial charge in [0.1, 0.15) is 5.75 Å². The van der Waals surface area contributed by atoms with Crippen LogP contribution in [0, 0.1) is 13.8 Å². The van der Waals surface area contributed by atoms with Crippen molar-refractivity contribution < 1.29 is 26.4 Å². The highest BCUT2D eigenvalue weighted by atomic mass is 32.2. The monoisotopic (exact) mass is 557 g/mol. The lowest BCUT2D eigenvalue weighted by Gasteiger charge is -2.26. The van der Waals surface area contributed by atoms with E-state index in [0.717, 1.165) is 30.4 Å². The first-order chi connectivity index (χ1) is 18.0. The third-order valence-electron chi connectivity index (χ3n) is 6.51. The van der Waals surface area contributed by atoms with Crippen LogP contribution in [-0.2, 0) is 20.0 Å². The second-order valence-electron chi connectivity index (χ2n) is 9.18. The number of rotatable bonds is 8. The molecule has 4 rings (SSSR count). The van der Waals surface area contributed by atoms with Crippen molar-refractivity contribution >= 4 is 37.3 Å². The van der Waals surface area contributed by atoms with E-state index < -0.39 is 26.0 Å². The zero-order chi connectivity index (χ0) is 27.5. The summed E-state index contributed by atoms with van der Waals surface area (Å²) in [6, 6.07) is 15.4. The van der Waals surface area contributed by atoms with Gasteiger partial charge in [-0.05, 0) is 80.3 Å². The van der Waals surface area contributed by atoms with Crippen molar-refractivity contribution in [2.75, 3.05) is 30.2 Å². The second kappa shape index (κ2) is 11.1. The van der Waals surface area contributed by atoms with Crippen molar-refractivity contribution in [2.24, 2.45) is 0 Å². The van der Waals surface area contributed by atoms with Crippen LogP contribution in [0.3, 0.4) is 0 Å². The summed E-state index contributed by atoms with van der Waals surface area (Å²) in [5, 5.41) is 2.70. The van der Waals surface area contributed by atoms with E-state index in [1.807, 2.05) is 32.0 Å². The van der Waals surface area contributed by atoms with Gasteiger partial charge in [0.05, 0.1) is 28.2 Å². The SMILES string of the molecule is COc1ccc(S(=O)(=O)N2CCCCC2)cc1C(=O)Nc1ccc(S(=O)(=O)Nc2c(C)cccc2C)cc1. The molecule has 0 aliphatic carbocycles. The summed E-state index contributed by atoms with van der Waals surface area (Å²) in [6.07, 6.45) is 2.59. The van der Waals surface area contributed by atoms with Gasteiger partial charge in [-0.2, -0.15) is 4.31 Å². The Balaban J connectivity index is 1.54. The number of piperidine rings is 1. The Labute approximate surface area is 223 Å². The number of aryl methyl sites for hydroxylation is 2. The lowest BCUT2D eigenvalue weighted by Crippen LogP contribution is -2.35. The first-order valence-corrected chi connectivity index (χ1v) is 15.1. The van der Waals surface area contributed by atoms with E-state index in [0.29, 0.717) is 24.5 Å². The molecule has 38 heavy (non-hydrogen) atoms. The maximum atomic E-state index is 13.1. The van der Waals surface area contributed by atoms with Crippen LogP contribution in [0.25, 0.3) is 0 Å². The number of nitrogens with zero attached hydrogens (tertiary/aromatic N) is 1. The Bertz CT molecular complexity index is 1530. The second-order valence-corrected chi connectivity index (χ2v) is 12.8. The smallest absolute Gasteiger partial charge is 0.261 e. The van der Waals surface area contributed by atoms with Crippen molar-refractivity contribution in [3.05, 3.63) is 77.4 Å². The van der Waals surface area contributed by atoms with Crippen LogP contribution in [0.4, 0.5) is 11.4 Å². The molecule has 0 bridgehead atoms. The third-order valence-corrected chi connectivity index (χ3v) is 9.77. The maximum absolute atomic E-state index is 13.1. The average Bonchev–Trinajstić information content (AvgIpc) is 2.91. The molecule has 0 atom stereocenters. The Hall–Kier alpha value is -3.41. The molecular formula is C27H31N3O6S2. The number of benzene rings is 3. The van der Waals surface area contributed by atoms with Gasteiger partial charge in [0, 0.05) is 18.8 Å². The first-order valence-electron chi connectivity index (χ1n) is 12.2. The minimum Gasteiger partial charge on any atom is -0.496 e. The molecule has 1 heterocycles. The van der Waals surface area contributed by atoms with Crippen LogP contribution in [0.15, 0.2) is 70.5 Å². The van der Waals surface area contributed by atoms with Gasteiger partial charge in [0.15, 0.2) is 0 Å². The zero-order valence-corrected chi connectivity index (χ0v) is 23.2. The number of methoxy groups -OCH3 is 1. The van der Waals surface area contributed by atoms with E-state index in [9.17, 15) is 21.6 Å². The van der Waals surface area contributed by atoms with Crippen LogP contribution in [-0.4, -0.2) is 47.2 Å². The highest BCUT2D eigenvalue weighted by Crippen LogP contribution is 2.28. The summed E-state index contributed by atoms with van der Waals surface area (Å²) in [5.41, 5.74) is 2.52. The van der Waals surface area contributed by atoms with Crippen LogP contribution in [0.1, 0.15) is 40.7 Å². The molecule has 1 aliphatic heterocycles. The molecule has 1 fully saturated rings. The van der Waals surface area contributed by atoms with Crippen molar-refractivity contribution in [3.8, 4) is 5.75 Å². The summed E-state index contributed by atoms with van der Waals surface area (Å²) in [6.45, 7) is 4.54. The molecule has 1 aliphatic rings. The molecule has 2 N–H and O–H groups in total. The Morgan fingerprint density at radius 2 is 1.45 bits per heavy atom. The zero-order valence-electron chi connectivity index (χ0n) is 21.5. The topological polar surface area (TPSA) is 122 Å². The fraction of sp³-hybridized carbons (Fsp3) is 0.296. The summed E-state index contributed by atoms with van der Waals surface area (Å²) < 4.78 is 61.5. The Morgan fingerprint density at radius 3 is 2.05 bits per heavy atom. The molecule has 1 amide bonds. The molecule has 0 aromatic heterocycles. The van der Waals surface area contributed by atoms with Crippen LogP contribution < -0.4 is 14.8 Å². The van der Waals surface area contributed by atoms with Crippen LogP contribution >= 0.6 is 0 Å². The highest BCUT2D eigenvalue weighted by molar-refractivity contribution is 7.92. The number of hydrogen-bond donors (Lipinski definition) is 2. The fourth-order valence-electron chi connectivity index (χ4n) is 4.36. The number of sulfonamides is 2. The molecule has 11 heteroatoms. The molecule has 0 unspecified atom stereocenters. The molecule has 202 valence electrons. The molecular weight excluding hydrogens is 526 g/mol. The number of ether oxygens (including phenoxy) is 1. The van der Waals surface area contributed by atoms with Crippen molar-refractivity contribution in [1.29, 1.82) is 0 Å². The highest BCUT2D eigenvalue weighted by Gasteiger charge is 2.28. The minimum atomic E-state index is -3.85. The van der Waals surface area contributed by atoms with Crippen molar-refractivity contribution in [1.82, 2.24) is 4.31 Å². The van der Waals surface area contributed by atoms with Crippen molar-refractivity contribution in [2.45, 2.75) is 42.9 Å². The number of amides is 1. The average molecular weight is 558 g/mol. The Morgan fingerprint density at radius 1 is 0.842 bits per heavy atom. The fourth-order valence-corrected chi connectivity index (χ4v) is 7.11. The lowest BCUT2D eigenvalue weighted by atomic mass is 10.1. The number of para-hydroxylation sites is 1. The number of nitrogens with one attached hydrogen (secondary N) is 2. The lowest BCUT2D eigenvalue weighted by molar-refractivity contribution is 0.102. The van der Waals surface area contributed by atoms with Crippen LogP contribution in [0.5, 0.6) is 5.75 Å². The number of carbonyl (C=O) groups is 1. The molecule has 0 radical (unpaired) electrons. The van der Waals surface area contributed by atoms with Gasteiger partial charge in [-0.3, -0.25) is 9.52 Å². The predicted molar refractivity (Wildman–Crippen MR) is 147 cm³/mol.